The van der Waals surface area contributed by atoms with Crippen LogP contribution in [0.3, 0.4) is 0 Å². The summed E-state index contributed by atoms with van der Waals surface area (Å²) in [4.78, 5) is 8.06. The number of nitrogen functional groups attached to an aromatic ring is 1. The number of nitrogens with two attached hydrogens (primary N) is 1. The highest BCUT2D eigenvalue weighted by Crippen LogP contribution is 2.30. The summed E-state index contributed by atoms with van der Waals surface area (Å²) in [5, 5.41) is 4.46. The third kappa shape index (κ3) is 1.95. The zero-order chi connectivity index (χ0) is 13.2. The Hall–Kier alpha value is -2.69. The molecule has 94 valence electrons. The van der Waals surface area contributed by atoms with Crippen LogP contribution < -0.4 is 5.73 Å². The Bertz CT molecular complexity index is 689. The standard InChI is InChI=1S/C14H13N5/c1-10-13(11-5-3-2-4-6-11)14(15)19(18-10)12-7-8-16-9-17-12/h2-9H,15H2,1H3. The van der Waals surface area contributed by atoms with Crippen molar-refractivity contribution in [1.29, 1.82) is 0 Å². The molecule has 0 saturated heterocycles. The second kappa shape index (κ2) is 4.53. The predicted molar refractivity (Wildman–Crippen MR) is 73.7 cm³/mol. The van der Waals surface area contributed by atoms with E-state index in [-0.39, 0.29) is 0 Å². The topological polar surface area (TPSA) is 69.6 Å². The molecule has 0 saturated carbocycles. The zero-order valence-electron chi connectivity index (χ0n) is 10.5. The molecule has 0 unspecified atom stereocenters. The lowest BCUT2D eigenvalue weighted by Gasteiger charge is -2.03. The van der Waals surface area contributed by atoms with Gasteiger partial charge in [0.1, 0.15) is 12.1 Å². The molecule has 0 fully saturated rings. The van der Waals surface area contributed by atoms with Gasteiger partial charge >= 0.3 is 0 Å². The number of rotatable bonds is 2. The largest absolute Gasteiger partial charge is 0.383 e. The van der Waals surface area contributed by atoms with Gasteiger partial charge in [0.25, 0.3) is 0 Å². The molecule has 2 heterocycles. The number of hydrogen-bond acceptors (Lipinski definition) is 4. The van der Waals surface area contributed by atoms with Gasteiger partial charge in [-0.3, -0.25) is 0 Å². The lowest BCUT2D eigenvalue weighted by molar-refractivity contribution is 0.835. The molecule has 0 aliphatic rings. The molecule has 3 rings (SSSR count). The Kier molecular flexibility index (Phi) is 2.72. The summed E-state index contributed by atoms with van der Waals surface area (Å²) in [7, 11) is 0. The van der Waals surface area contributed by atoms with Gasteiger partial charge in [-0.05, 0) is 12.5 Å². The maximum Gasteiger partial charge on any atom is 0.159 e. The van der Waals surface area contributed by atoms with Crippen molar-refractivity contribution in [2.24, 2.45) is 0 Å². The van der Waals surface area contributed by atoms with Gasteiger partial charge in [-0.2, -0.15) is 9.78 Å². The molecular weight excluding hydrogens is 238 g/mol. The molecule has 5 nitrogen and oxygen atoms in total. The highest BCUT2D eigenvalue weighted by atomic mass is 15.3. The molecule has 0 aliphatic heterocycles. The quantitative estimate of drug-likeness (QED) is 0.758. The molecule has 2 aromatic heterocycles. The van der Waals surface area contributed by atoms with Crippen molar-refractivity contribution in [3.63, 3.8) is 0 Å². The van der Waals surface area contributed by atoms with E-state index in [0.29, 0.717) is 11.6 Å². The van der Waals surface area contributed by atoms with Crippen LogP contribution in [0.4, 0.5) is 5.82 Å². The van der Waals surface area contributed by atoms with Gasteiger partial charge in [0.15, 0.2) is 5.82 Å². The van der Waals surface area contributed by atoms with E-state index in [1.54, 1.807) is 16.9 Å². The lowest BCUT2D eigenvalue weighted by Crippen LogP contribution is -2.04. The summed E-state index contributed by atoms with van der Waals surface area (Å²) in [5.74, 6) is 1.25. The smallest absolute Gasteiger partial charge is 0.159 e. The summed E-state index contributed by atoms with van der Waals surface area (Å²) >= 11 is 0. The van der Waals surface area contributed by atoms with Crippen molar-refractivity contribution in [1.82, 2.24) is 19.7 Å². The molecule has 0 atom stereocenters. The number of aryl methyl sites for hydroxylation is 1. The summed E-state index contributed by atoms with van der Waals surface area (Å²) in [6, 6.07) is 11.8. The minimum Gasteiger partial charge on any atom is -0.383 e. The fourth-order valence-corrected chi connectivity index (χ4v) is 2.09. The summed E-state index contributed by atoms with van der Waals surface area (Å²) < 4.78 is 1.64. The Morgan fingerprint density at radius 2 is 1.89 bits per heavy atom. The van der Waals surface area contributed by atoms with Crippen LogP contribution >= 0.6 is 0 Å². The van der Waals surface area contributed by atoms with Gasteiger partial charge in [-0.25, -0.2) is 9.97 Å². The second-order valence-electron chi connectivity index (χ2n) is 4.19. The van der Waals surface area contributed by atoms with Crippen molar-refractivity contribution in [3.05, 3.63) is 54.6 Å². The van der Waals surface area contributed by atoms with Crippen LogP contribution in [0.2, 0.25) is 0 Å². The third-order valence-corrected chi connectivity index (χ3v) is 2.94. The molecule has 19 heavy (non-hydrogen) atoms. The number of benzene rings is 1. The van der Waals surface area contributed by atoms with E-state index < -0.39 is 0 Å². The fourth-order valence-electron chi connectivity index (χ4n) is 2.09. The maximum absolute atomic E-state index is 6.21. The van der Waals surface area contributed by atoms with Crippen LogP contribution in [-0.4, -0.2) is 19.7 Å². The van der Waals surface area contributed by atoms with Crippen molar-refractivity contribution in [2.45, 2.75) is 6.92 Å². The van der Waals surface area contributed by atoms with Crippen LogP contribution in [0.1, 0.15) is 5.69 Å². The molecule has 0 bridgehead atoms. The van der Waals surface area contributed by atoms with E-state index in [9.17, 15) is 0 Å². The van der Waals surface area contributed by atoms with E-state index >= 15 is 0 Å². The van der Waals surface area contributed by atoms with E-state index in [2.05, 4.69) is 15.1 Å². The molecule has 0 spiro atoms. The first kappa shape index (κ1) is 11.4. The average molecular weight is 251 g/mol. The Balaban J connectivity index is 2.17. The Morgan fingerprint density at radius 3 is 2.58 bits per heavy atom. The highest BCUT2D eigenvalue weighted by molar-refractivity contribution is 5.77. The number of anilines is 1. The lowest BCUT2D eigenvalue weighted by atomic mass is 10.1. The predicted octanol–water partition coefficient (Wildman–Crippen LogP) is 2.22. The summed E-state index contributed by atoms with van der Waals surface area (Å²) in [5.41, 5.74) is 9.08. The van der Waals surface area contributed by atoms with E-state index in [0.717, 1.165) is 16.8 Å². The van der Waals surface area contributed by atoms with Crippen LogP contribution in [0.5, 0.6) is 0 Å². The number of nitrogens with zero attached hydrogens (tertiary/aromatic N) is 4. The minimum atomic E-state index is 0.586. The zero-order valence-corrected chi connectivity index (χ0v) is 10.5. The average Bonchev–Trinajstić information content (AvgIpc) is 2.76. The fraction of sp³-hybridized carbons (Fsp3) is 0.0714. The summed E-state index contributed by atoms with van der Waals surface area (Å²) in [6.07, 6.45) is 3.15. The second-order valence-corrected chi connectivity index (χ2v) is 4.19. The normalized spacial score (nSPS) is 10.6. The van der Waals surface area contributed by atoms with Crippen LogP contribution in [0, 0.1) is 6.92 Å². The van der Waals surface area contributed by atoms with Crippen molar-refractivity contribution in [3.8, 4) is 16.9 Å². The van der Waals surface area contributed by atoms with Crippen molar-refractivity contribution in [2.75, 3.05) is 5.73 Å². The number of aromatic nitrogens is 4. The van der Waals surface area contributed by atoms with Gasteiger partial charge in [-0.15, -0.1) is 0 Å². The van der Waals surface area contributed by atoms with E-state index in [1.165, 1.54) is 6.33 Å². The number of hydrogen-bond donors (Lipinski definition) is 1. The molecule has 3 aromatic rings. The first-order valence-corrected chi connectivity index (χ1v) is 5.94. The SMILES string of the molecule is Cc1nn(-c2ccncn2)c(N)c1-c1ccccc1. The van der Waals surface area contributed by atoms with Crippen LogP contribution in [-0.2, 0) is 0 Å². The van der Waals surface area contributed by atoms with Gasteiger partial charge in [-0.1, -0.05) is 30.3 Å². The first-order chi connectivity index (χ1) is 9.27. The van der Waals surface area contributed by atoms with Crippen LogP contribution in [0.25, 0.3) is 16.9 Å². The molecule has 0 amide bonds. The molecule has 2 N–H and O–H groups in total. The molecule has 1 aromatic carbocycles. The molecular formula is C14H13N5. The first-order valence-electron chi connectivity index (χ1n) is 5.94. The van der Waals surface area contributed by atoms with Crippen LogP contribution in [0.15, 0.2) is 48.9 Å². The Morgan fingerprint density at radius 1 is 1.11 bits per heavy atom. The van der Waals surface area contributed by atoms with Gasteiger partial charge in [0.2, 0.25) is 0 Å². The maximum atomic E-state index is 6.21. The van der Waals surface area contributed by atoms with Crippen molar-refractivity contribution >= 4 is 5.82 Å². The van der Waals surface area contributed by atoms with Gasteiger partial charge in [0, 0.05) is 17.8 Å². The monoisotopic (exact) mass is 251 g/mol. The molecule has 0 radical (unpaired) electrons. The van der Waals surface area contributed by atoms with E-state index in [1.807, 2.05) is 37.3 Å². The van der Waals surface area contributed by atoms with Gasteiger partial charge in [0.05, 0.1) is 5.69 Å². The minimum absolute atomic E-state index is 0.586. The van der Waals surface area contributed by atoms with Crippen molar-refractivity contribution < 1.29 is 0 Å². The molecule has 5 heteroatoms. The third-order valence-electron chi connectivity index (χ3n) is 2.94. The highest BCUT2D eigenvalue weighted by Gasteiger charge is 2.15. The Labute approximate surface area is 110 Å². The summed E-state index contributed by atoms with van der Waals surface area (Å²) in [6.45, 7) is 1.94. The molecule has 0 aliphatic carbocycles. The van der Waals surface area contributed by atoms with E-state index in [4.69, 9.17) is 5.73 Å². The van der Waals surface area contributed by atoms with Gasteiger partial charge < -0.3 is 5.73 Å².